The predicted molar refractivity (Wildman–Crippen MR) is 77.5 cm³/mol. The zero-order valence-electron chi connectivity index (χ0n) is 11.3. The molecule has 1 aromatic carbocycles. The van der Waals surface area contributed by atoms with Gasteiger partial charge in [-0.15, -0.1) is 0 Å². The Morgan fingerprint density at radius 1 is 1.24 bits per heavy atom. The molecule has 0 unspecified atom stereocenters. The molecule has 1 aliphatic carbocycles. The van der Waals surface area contributed by atoms with E-state index in [0.29, 0.717) is 18.4 Å². The van der Waals surface area contributed by atoms with E-state index in [2.05, 4.69) is 20.6 Å². The minimum Gasteiger partial charge on any atom is -0.327 e. The van der Waals surface area contributed by atoms with Gasteiger partial charge in [0, 0.05) is 11.4 Å². The second-order valence-corrected chi connectivity index (χ2v) is 5.55. The Balaban J connectivity index is 2.00. The molecule has 1 saturated carbocycles. The van der Waals surface area contributed by atoms with Crippen LogP contribution in [0.1, 0.15) is 30.9 Å². The summed E-state index contributed by atoms with van der Waals surface area (Å²) in [5.74, 6) is 0. The van der Waals surface area contributed by atoms with Crippen molar-refractivity contribution in [1.82, 2.24) is 14.5 Å². The van der Waals surface area contributed by atoms with Gasteiger partial charge in [0.1, 0.15) is 11.7 Å². The number of fused-ring (bicyclic) bond motifs is 3. The predicted octanol–water partition coefficient (Wildman–Crippen LogP) is 3.52. The summed E-state index contributed by atoms with van der Waals surface area (Å²) in [5.41, 5.74) is 3.17. The third-order valence-corrected chi connectivity index (χ3v) is 4.26. The van der Waals surface area contributed by atoms with Crippen molar-refractivity contribution in [1.29, 1.82) is 5.26 Å². The zero-order chi connectivity index (χ0) is 14.4. The van der Waals surface area contributed by atoms with E-state index in [1.807, 2.05) is 12.1 Å². The second kappa shape index (κ2) is 4.52. The number of rotatable bonds is 1. The van der Waals surface area contributed by atoms with Gasteiger partial charge in [-0.25, -0.2) is 9.37 Å². The molecule has 0 N–H and O–H groups in total. The monoisotopic (exact) mass is 280 g/mol. The molecule has 1 fully saturated rings. The number of pyridine rings is 1. The number of hydrogen-bond donors (Lipinski definition) is 0. The number of nitrogens with zero attached hydrogens (tertiary/aromatic N) is 4. The van der Waals surface area contributed by atoms with E-state index < -0.39 is 6.17 Å². The number of benzene rings is 1. The first kappa shape index (κ1) is 12.3. The molecule has 21 heavy (non-hydrogen) atoms. The fourth-order valence-electron chi connectivity index (χ4n) is 3.22. The van der Waals surface area contributed by atoms with Crippen molar-refractivity contribution in [2.75, 3.05) is 0 Å². The second-order valence-electron chi connectivity index (χ2n) is 5.55. The van der Waals surface area contributed by atoms with Crippen molar-refractivity contribution in [3.8, 4) is 6.07 Å². The molecule has 0 bridgehead atoms. The molecule has 0 aliphatic heterocycles. The highest BCUT2D eigenvalue weighted by Crippen LogP contribution is 2.35. The molecule has 0 amide bonds. The number of imidazole rings is 1. The van der Waals surface area contributed by atoms with Gasteiger partial charge in [-0.05, 0) is 37.5 Å². The number of nitriles is 1. The van der Waals surface area contributed by atoms with E-state index in [9.17, 15) is 4.39 Å². The lowest BCUT2D eigenvalue weighted by Crippen LogP contribution is -2.04. The van der Waals surface area contributed by atoms with E-state index >= 15 is 0 Å². The Bertz CT molecular complexity index is 877. The molecule has 2 aromatic heterocycles. The minimum absolute atomic E-state index is 0.140. The van der Waals surface area contributed by atoms with Crippen molar-refractivity contribution >= 4 is 21.9 Å². The summed E-state index contributed by atoms with van der Waals surface area (Å²) in [6.07, 6.45) is 4.75. The van der Waals surface area contributed by atoms with Gasteiger partial charge in [0.15, 0.2) is 0 Å². The maximum atomic E-state index is 13.5. The van der Waals surface area contributed by atoms with Crippen LogP contribution in [-0.2, 0) is 0 Å². The smallest absolute Gasteiger partial charge is 0.107 e. The van der Waals surface area contributed by atoms with Gasteiger partial charge in [-0.2, -0.15) is 5.26 Å². The van der Waals surface area contributed by atoms with Crippen LogP contribution in [0.3, 0.4) is 0 Å². The number of hydrogen-bond acceptors (Lipinski definition) is 3. The summed E-state index contributed by atoms with van der Waals surface area (Å²) < 4.78 is 15.6. The van der Waals surface area contributed by atoms with Crippen LogP contribution in [0.5, 0.6) is 0 Å². The van der Waals surface area contributed by atoms with Gasteiger partial charge in [0.05, 0.1) is 35.2 Å². The van der Waals surface area contributed by atoms with Gasteiger partial charge in [-0.1, -0.05) is 0 Å². The summed E-state index contributed by atoms with van der Waals surface area (Å²) in [6.45, 7) is 0. The summed E-state index contributed by atoms with van der Waals surface area (Å²) in [7, 11) is 0. The lowest BCUT2D eigenvalue weighted by atomic mass is 10.1. The number of halogens is 1. The van der Waals surface area contributed by atoms with Crippen LogP contribution in [0, 0.1) is 11.3 Å². The lowest BCUT2D eigenvalue weighted by molar-refractivity contribution is 0.331. The van der Waals surface area contributed by atoms with E-state index in [1.54, 1.807) is 18.6 Å². The summed E-state index contributed by atoms with van der Waals surface area (Å²) in [4.78, 5) is 8.77. The van der Waals surface area contributed by atoms with Crippen LogP contribution in [0.15, 0.2) is 30.7 Å². The fraction of sp³-hybridized carbons (Fsp3) is 0.312. The van der Waals surface area contributed by atoms with E-state index in [1.165, 1.54) is 0 Å². The van der Waals surface area contributed by atoms with Crippen LogP contribution in [-0.4, -0.2) is 20.7 Å². The highest BCUT2D eigenvalue weighted by Gasteiger charge is 2.27. The van der Waals surface area contributed by atoms with Gasteiger partial charge in [0.25, 0.3) is 0 Å². The van der Waals surface area contributed by atoms with Crippen LogP contribution in [0.25, 0.3) is 21.9 Å². The van der Waals surface area contributed by atoms with Gasteiger partial charge in [-0.3, -0.25) is 4.98 Å². The first-order valence-electron chi connectivity index (χ1n) is 7.06. The zero-order valence-corrected chi connectivity index (χ0v) is 11.3. The third-order valence-electron chi connectivity index (χ3n) is 4.26. The molecule has 3 aromatic rings. The van der Waals surface area contributed by atoms with Crippen LogP contribution < -0.4 is 0 Å². The average Bonchev–Trinajstić information content (AvgIpc) is 3.12. The Hall–Kier alpha value is -2.48. The third kappa shape index (κ3) is 1.87. The Labute approximate surface area is 120 Å². The Morgan fingerprint density at radius 3 is 2.90 bits per heavy atom. The van der Waals surface area contributed by atoms with Crippen molar-refractivity contribution < 1.29 is 4.39 Å². The normalized spacial score (nSPS) is 21.9. The van der Waals surface area contributed by atoms with Crippen molar-refractivity contribution in [2.45, 2.75) is 31.5 Å². The molecule has 0 radical (unpaired) electrons. The molecule has 1 aliphatic rings. The summed E-state index contributed by atoms with van der Waals surface area (Å²) >= 11 is 0. The molecule has 0 saturated heterocycles. The highest BCUT2D eigenvalue weighted by atomic mass is 19.1. The standard InChI is InChI=1S/C16H13FN4/c17-11-2-3-12(6-11)21-9-20-15-8-19-14-4-1-10(7-18)5-13(14)16(15)21/h1,4-5,8-9,11-12H,2-3,6H2/t11-,12-/m0/s1. The van der Waals surface area contributed by atoms with Crippen molar-refractivity contribution in [3.63, 3.8) is 0 Å². The molecule has 0 spiro atoms. The maximum Gasteiger partial charge on any atom is 0.107 e. The molecule has 4 rings (SSSR count). The first-order chi connectivity index (χ1) is 10.3. The number of aromatic nitrogens is 3. The summed E-state index contributed by atoms with van der Waals surface area (Å²) in [6, 6.07) is 7.74. The van der Waals surface area contributed by atoms with Crippen molar-refractivity contribution in [3.05, 3.63) is 36.3 Å². The van der Waals surface area contributed by atoms with E-state index in [4.69, 9.17) is 5.26 Å². The molecule has 2 heterocycles. The van der Waals surface area contributed by atoms with Gasteiger partial charge >= 0.3 is 0 Å². The topological polar surface area (TPSA) is 54.5 Å². The Kier molecular flexibility index (Phi) is 2.64. The summed E-state index contributed by atoms with van der Waals surface area (Å²) in [5, 5.41) is 10.0. The average molecular weight is 280 g/mol. The van der Waals surface area contributed by atoms with Crippen LogP contribution in [0.2, 0.25) is 0 Å². The van der Waals surface area contributed by atoms with Crippen molar-refractivity contribution in [2.24, 2.45) is 0 Å². The lowest BCUT2D eigenvalue weighted by Gasteiger charge is -2.13. The van der Waals surface area contributed by atoms with Gasteiger partial charge < -0.3 is 4.57 Å². The molecule has 2 atom stereocenters. The largest absolute Gasteiger partial charge is 0.327 e. The maximum absolute atomic E-state index is 13.5. The van der Waals surface area contributed by atoms with E-state index in [-0.39, 0.29) is 6.04 Å². The first-order valence-corrected chi connectivity index (χ1v) is 7.06. The molecular weight excluding hydrogens is 267 g/mol. The molecule has 104 valence electrons. The van der Waals surface area contributed by atoms with E-state index in [0.717, 1.165) is 28.4 Å². The molecular formula is C16H13FN4. The molecule has 5 heteroatoms. The minimum atomic E-state index is -0.727. The quantitative estimate of drug-likeness (QED) is 0.685. The van der Waals surface area contributed by atoms with Gasteiger partial charge in [0.2, 0.25) is 0 Å². The van der Waals surface area contributed by atoms with Crippen LogP contribution >= 0.6 is 0 Å². The SMILES string of the molecule is N#Cc1ccc2ncc3ncn([C@H]4CC[C@H](F)C4)c3c2c1. The Morgan fingerprint density at radius 2 is 2.14 bits per heavy atom. The fourth-order valence-corrected chi connectivity index (χ4v) is 3.22. The van der Waals surface area contributed by atoms with Crippen LogP contribution in [0.4, 0.5) is 4.39 Å². The highest BCUT2D eigenvalue weighted by molar-refractivity contribution is 6.02. The molecule has 4 nitrogen and oxygen atoms in total. The number of alkyl halides is 1.